The van der Waals surface area contributed by atoms with Gasteiger partial charge in [0.15, 0.2) is 0 Å². The maximum absolute atomic E-state index is 5.72. The fourth-order valence-electron chi connectivity index (χ4n) is 1.52. The van der Waals surface area contributed by atoms with Gasteiger partial charge in [-0.25, -0.2) is 4.98 Å². The van der Waals surface area contributed by atoms with Crippen LogP contribution in [0, 0.1) is 0 Å². The Kier molecular flexibility index (Phi) is 4.17. The molecule has 0 saturated heterocycles. The van der Waals surface area contributed by atoms with Crippen LogP contribution in [-0.4, -0.2) is 12.1 Å². The third kappa shape index (κ3) is 3.00. The summed E-state index contributed by atoms with van der Waals surface area (Å²) in [6, 6.07) is 5.62. The number of hydrogen-bond donors (Lipinski definition) is 1. The Balaban J connectivity index is 2.22. The lowest BCUT2D eigenvalue weighted by atomic mass is 10.2. The van der Waals surface area contributed by atoms with Gasteiger partial charge in [-0.1, -0.05) is 18.3 Å². The summed E-state index contributed by atoms with van der Waals surface area (Å²) < 4.78 is 10.9. The maximum Gasteiger partial charge on any atom is 0.278 e. The number of thiazole rings is 1. The predicted molar refractivity (Wildman–Crippen MR) is 72.5 cm³/mol. The zero-order valence-electron chi connectivity index (χ0n) is 10.5. The molecule has 0 spiro atoms. The summed E-state index contributed by atoms with van der Waals surface area (Å²) in [4.78, 5) is 4.36. The first-order chi connectivity index (χ1) is 8.75. The minimum absolute atomic E-state index is 0.450. The number of methoxy groups -OCH3 is 1. The molecule has 0 unspecified atom stereocenters. The third-order valence-corrected chi connectivity index (χ3v) is 3.28. The summed E-state index contributed by atoms with van der Waals surface area (Å²) in [5.41, 5.74) is 7.65. The number of aryl methyl sites for hydroxylation is 1. The molecule has 0 aliphatic rings. The lowest BCUT2D eigenvalue weighted by molar-refractivity contribution is 0.408. The number of hydrogen-bond acceptors (Lipinski definition) is 5. The first-order valence-electron chi connectivity index (χ1n) is 5.75. The molecular formula is C13H16N2O2S. The van der Waals surface area contributed by atoms with Gasteiger partial charge in [0.2, 0.25) is 0 Å². The highest BCUT2D eigenvalue weighted by atomic mass is 32.1. The van der Waals surface area contributed by atoms with Crippen molar-refractivity contribution in [2.45, 2.75) is 19.9 Å². The predicted octanol–water partition coefficient (Wildman–Crippen LogP) is 2.97. The van der Waals surface area contributed by atoms with Gasteiger partial charge in [0.05, 0.1) is 12.8 Å². The Morgan fingerprint density at radius 3 is 2.67 bits per heavy atom. The number of aromatic nitrogens is 1. The van der Waals surface area contributed by atoms with Crippen molar-refractivity contribution in [3.8, 4) is 16.7 Å². The zero-order valence-corrected chi connectivity index (χ0v) is 11.3. The highest BCUT2D eigenvalue weighted by molar-refractivity contribution is 7.11. The Hall–Kier alpha value is -1.59. The number of nitrogens with two attached hydrogens (primary N) is 1. The molecule has 2 rings (SSSR count). The van der Waals surface area contributed by atoms with E-state index in [1.165, 1.54) is 11.3 Å². The van der Waals surface area contributed by atoms with E-state index in [-0.39, 0.29) is 0 Å². The Bertz CT molecular complexity index is 503. The van der Waals surface area contributed by atoms with E-state index in [1.807, 2.05) is 23.6 Å². The molecular weight excluding hydrogens is 248 g/mol. The van der Waals surface area contributed by atoms with E-state index < -0.39 is 0 Å². The number of rotatable bonds is 5. The minimum atomic E-state index is 0.450. The summed E-state index contributed by atoms with van der Waals surface area (Å²) >= 11 is 1.49. The Morgan fingerprint density at radius 1 is 1.28 bits per heavy atom. The van der Waals surface area contributed by atoms with Gasteiger partial charge >= 0.3 is 0 Å². The third-order valence-electron chi connectivity index (χ3n) is 2.51. The van der Waals surface area contributed by atoms with Gasteiger partial charge in [-0.15, -0.1) is 0 Å². The summed E-state index contributed by atoms with van der Waals surface area (Å²) in [7, 11) is 1.62. The van der Waals surface area contributed by atoms with E-state index >= 15 is 0 Å². The van der Waals surface area contributed by atoms with Crippen molar-refractivity contribution in [2.24, 2.45) is 5.73 Å². The Morgan fingerprint density at radius 2 is 2.06 bits per heavy atom. The van der Waals surface area contributed by atoms with Crippen LogP contribution >= 0.6 is 11.3 Å². The normalized spacial score (nSPS) is 10.4. The smallest absolute Gasteiger partial charge is 0.278 e. The van der Waals surface area contributed by atoms with E-state index in [4.69, 9.17) is 15.2 Å². The molecule has 0 saturated carbocycles. The maximum atomic E-state index is 5.72. The first kappa shape index (κ1) is 12.9. The van der Waals surface area contributed by atoms with E-state index in [1.54, 1.807) is 7.11 Å². The van der Waals surface area contributed by atoms with Crippen molar-refractivity contribution in [3.05, 3.63) is 34.8 Å². The van der Waals surface area contributed by atoms with Gasteiger partial charge in [0, 0.05) is 18.0 Å². The highest BCUT2D eigenvalue weighted by Gasteiger charge is 2.06. The molecule has 2 N–H and O–H groups in total. The molecule has 0 bridgehead atoms. The molecule has 0 fully saturated rings. The molecule has 4 nitrogen and oxygen atoms in total. The van der Waals surface area contributed by atoms with E-state index in [2.05, 4.69) is 11.9 Å². The van der Waals surface area contributed by atoms with Gasteiger partial charge in [0.1, 0.15) is 11.5 Å². The number of benzene rings is 1. The monoisotopic (exact) mass is 264 g/mol. The molecule has 2 aromatic rings. The summed E-state index contributed by atoms with van der Waals surface area (Å²) in [6.45, 7) is 2.52. The van der Waals surface area contributed by atoms with E-state index in [0.29, 0.717) is 17.5 Å². The second-order valence-corrected chi connectivity index (χ2v) is 4.60. The lowest BCUT2D eigenvalue weighted by Crippen LogP contribution is -1.97. The van der Waals surface area contributed by atoms with Crippen LogP contribution in [-0.2, 0) is 13.0 Å². The molecule has 18 heavy (non-hydrogen) atoms. The van der Waals surface area contributed by atoms with Crippen LogP contribution in [0.1, 0.15) is 18.2 Å². The van der Waals surface area contributed by atoms with Crippen molar-refractivity contribution in [1.82, 2.24) is 4.98 Å². The average Bonchev–Trinajstić information content (AvgIpc) is 2.85. The number of ether oxygens (including phenoxy) is 2. The van der Waals surface area contributed by atoms with Crippen LogP contribution in [0.5, 0.6) is 16.7 Å². The second kappa shape index (κ2) is 5.84. The van der Waals surface area contributed by atoms with Crippen LogP contribution in [0.25, 0.3) is 0 Å². The topological polar surface area (TPSA) is 57.4 Å². The molecule has 1 aromatic carbocycles. The van der Waals surface area contributed by atoms with Crippen molar-refractivity contribution in [2.75, 3.05) is 7.11 Å². The molecule has 0 radical (unpaired) electrons. The second-order valence-electron chi connectivity index (χ2n) is 3.78. The van der Waals surface area contributed by atoms with Crippen molar-refractivity contribution in [3.63, 3.8) is 0 Å². The molecule has 96 valence electrons. The Labute approximate surface area is 110 Å². The first-order valence-corrected chi connectivity index (χ1v) is 6.63. The summed E-state index contributed by atoms with van der Waals surface area (Å²) in [5, 5.41) is 2.64. The van der Waals surface area contributed by atoms with Crippen LogP contribution in [0.4, 0.5) is 0 Å². The average molecular weight is 264 g/mol. The SMILES string of the molecule is CCc1csc(Oc2cc(CN)cc(OC)c2)n1. The van der Waals surface area contributed by atoms with E-state index in [9.17, 15) is 0 Å². The van der Waals surface area contributed by atoms with Crippen molar-refractivity contribution in [1.29, 1.82) is 0 Å². The molecule has 1 heterocycles. The van der Waals surface area contributed by atoms with Gasteiger partial charge < -0.3 is 15.2 Å². The van der Waals surface area contributed by atoms with Gasteiger partial charge in [-0.05, 0) is 24.1 Å². The van der Waals surface area contributed by atoms with Crippen LogP contribution in [0.15, 0.2) is 23.6 Å². The molecule has 0 aliphatic heterocycles. The van der Waals surface area contributed by atoms with Gasteiger partial charge in [0.25, 0.3) is 5.19 Å². The molecule has 0 amide bonds. The quantitative estimate of drug-likeness (QED) is 0.902. The van der Waals surface area contributed by atoms with Crippen molar-refractivity contribution < 1.29 is 9.47 Å². The molecule has 0 atom stereocenters. The van der Waals surface area contributed by atoms with E-state index in [0.717, 1.165) is 23.4 Å². The molecule has 0 aliphatic carbocycles. The van der Waals surface area contributed by atoms with Crippen molar-refractivity contribution >= 4 is 11.3 Å². The zero-order chi connectivity index (χ0) is 13.0. The minimum Gasteiger partial charge on any atom is -0.497 e. The number of nitrogens with zero attached hydrogens (tertiary/aromatic N) is 1. The highest BCUT2D eigenvalue weighted by Crippen LogP contribution is 2.29. The summed E-state index contributed by atoms with van der Waals surface area (Å²) in [6.07, 6.45) is 0.909. The largest absolute Gasteiger partial charge is 0.497 e. The summed E-state index contributed by atoms with van der Waals surface area (Å²) in [5.74, 6) is 1.44. The van der Waals surface area contributed by atoms with Gasteiger partial charge in [-0.3, -0.25) is 0 Å². The van der Waals surface area contributed by atoms with Gasteiger partial charge in [-0.2, -0.15) is 0 Å². The standard InChI is InChI=1S/C13H16N2O2S/c1-3-10-8-18-13(15-10)17-12-5-9(7-14)4-11(6-12)16-2/h4-6,8H,3,7,14H2,1-2H3. The lowest BCUT2D eigenvalue weighted by Gasteiger charge is -2.07. The molecule has 1 aromatic heterocycles. The fourth-order valence-corrected chi connectivity index (χ4v) is 2.29. The van der Waals surface area contributed by atoms with Crippen LogP contribution in [0.3, 0.4) is 0 Å². The van der Waals surface area contributed by atoms with Crippen LogP contribution < -0.4 is 15.2 Å². The molecule has 5 heteroatoms. The van der Waals surface area contributed by atoms with Crippen LogP contribution in [0.2, 0.25) is 0 Å². The fraction of sp³-hybridized carbons (Fsp3) is 0.308.